The van der Waals surface area contributed by atoms with Crippen molar-refractivity contribution in [1.29, 1.82) is 0 Å². The molecule has 0 spiro atoms. The van der Waals surface area contributed by atoms with Gasteiger partial charge in [0.25, 0.3) is 0 Å². The highest BCUT2D eigenvalue weighted by Crippen LogP contribution is 2.35. The highest BCUT2D eigenvalue weighted by molar-refractivity contribution is 14.1. The minimum Gasteiger partial charge on any atom is -0.0620 e. The van der Waals surface area contributed by atoms with Crippen LogP contribution in [0.25, 0.3) is 33.4 Å². The van der Waals surface area contributed by atoms with E-state index in [0.717, 1.165) is 0 Å². The molecule has 0 amide bonds. The first kappa shape index (κ1) is 18.0. The molecule has 0 heterocycles. The lowest BCUT2D eigenvalue weighted by atomic mass is 9.90. The van der Waals surface area contributed by atoms with Crippen LogP contribution in [0, 0.1) is 17.4 Å². The SMILES string of the molecule is Cc1ccccc1-c1cc(-c2cccc(I)c2)cc(-c2ccccc2C)c1. The quantitative estimate of drug-likeness (QED) is 0.273. The van der Waals surface area contributed by atoms with Crippen molar-refractivity contribution in [3.05, 3.63) is 106 Å². The molecule has 4 rings (SSSR count). The lowest BCUT2D eigenvalue weighted by Crippen LogP contribution is -1.89. The molecule has 0 aliphatic rings. The van der Waals surface area contributed by atoms with Gasteiger partial charge in [0.15, 0.2) is 0 Å². The second-order valence-electron chi connectivity index (χ2n) is 6.94. The van der Waals surface area contributed by atoms with Crippen molar-refractivity contribution >= 4 is 22.6 Å². The number of aryl methyl sites for hydroxylation is 2. The Morgan fingerprint density at radius 1 is 0.481 bits per heavy atom. The zero-order valence-electron chi connectivity index (χ0n) is 15.5. The van der Waals surface area contributed by atoms with Gasteiger partial charge >= 0.3 is 0 Å². The van der Waals surface area contributed by atoms with Gasteiger partial charge in [-0.15, -0.1) is 0 Å². The van der Waals surface area contributed by atoms with Crippen LogP contribution in [-0.2, 0) is 0 Å². The Kier molecular flexibility index (Phi) is 5.13. The Labute approximate surface area is 175 Å². The zero-order valence-corrected chi connectivity index (χ0v) is 17.7. The summed E-state index contributed by atoms with van der Waals surface area (Å²) in [7, 11) is 0. The van der Waals surface area contributed by atoms with Crippen LogP contribution < -0.4 is 0 Å². The number of halogens is 1. The van der Waals surface area contributed by atoms with Crippen molar-refractivity contribution < 1.29 is 0 Å². The Balaban J connectivity index is 1.97. The first-order chi connectivity index (χ1) is 13.1. The first-order valence-electron chi connectivity index (χ1n) is 9.15. The highest BCUT2D eigenvalue weighted by Gasteiger charge is 2.10. The van der Waals surface area contributed by atoms with Crippen molar-refractivity contribution in [3.63, 3.8) is 0 Å². The molecule has 4 aromatic rings. The molecule has 0 atom stereocenters. The number of rotatable bonds is 3. The molecule has 0 nitrogen and oxygen atoms in total. The van der Waals surface area contributed by atoms with E-state index in [-0.39, 0.29) is 0 Å². The first-order valence-corrected chi connectivity index (χ1v) is 10.2. The Morgan fingerprint density at radius 2 is 1.00 bits per heavy atom. The smallest absolute Gasteiger partial charge is 0.0136 e. The van der Waals surface area contributed by atoms with Crippen molar-refractivity contribution in [2.45, 2.75) is 13.8 Å². The predicted molar refractivity (Wildman–Crippen MR) is 125 cm³/mol. The van der Waals surface area contributed by atoms with Gasteiger partial charge in [0, 0.05) is 3.57 Å². The summed E-state index contributed by atoms with van der Waals surface area (Å²) < 4.78 is 1.25. The second-order valence-corrected chi connectivity index (χ2v) is 8.18. The van der Waals surface area contributed by atoms with Crippen molar-refractivity contribution in [2.75, 3.05) is 0 Å². The molecule has 0 bridgehead atoms. The molecule has 4 aromatic carbocycles. The van der Waals surface area contributed by atoms with E-state index in [0.29, 0.717) is 0 Å². The Bertz CT molecular complexity index is 1040. The third-order valence-electron chi connectivity index (χ3n) is 5.00. The van der Waals surface area contributed by atoms with E-state index in [1.54, 1.807) is 0 Å². The lowest BCUT2D eigenvalue weighted by molar-refractivity contribution is 1.44. The lowest BCUT2D eigenvalue weighted by Gasteiger charge is -2.14. The van der Waals surface area contributed by atoms with Crippen molar-refractivity contribution in [1.82, 2.24) is 0 Å². The standard InChI is InChI=1S/C26H21I/c1-18-8-3-5-12-25(18)22-14-21(20-10-7-11-24(27)17-20)15-23(16-22)26-13-6-4-9-19(26)2/h3-17H,1-2H3. The topological polar surface area (TPSA) is 0 Å². The largest absolute Gasteiger partial charge is 0.0620 e. The summed E-state index contributed by atoms with van der Waals surface area (Å²) in [6, 6.07) is 32.9. The van der Waals surface area contributed by atoms with Crippen molar-refractivity contribution in [3.8, 4) is 33.4 Å². The third-order valence-corrected chi connectivity index (χ3v) is 5.67. The zero-order chi connectivity index (χ0) is 18.8. The monoisotopic (exact) mass is 460 g/mol. The van der Waals surface area contributed by atoms with Crippen LogP contribution >= 0.6 is 22.6 Å². The summed E-state index contributed by atoms with van der Waals surface area (Å²) in [6.45, 7) is 4.36. The molecular weight excluding hydrogens is 439 g/mol. The molecule has 132 valence electrons. The van der Waals surface area contributed by atoms with E-state index >= 15 is 0 Å². The van der Waals surface area contributed by atoms with E-state index < -0.39 is 0 Å². The summed E-state index contributed by atoms with van der Waals surface area (Å²) in [5, 5.41) is 0. The maximum Gasteiger partial charge on any atom is 0.0136 e. The minimum atomic E-state index is 1.25. The van der Waals surface area contributed by atoms with Gasteiger partial charge in [-0.05, 0) is 111 Å². The van der Waals surface area contributed by atoms with Gasteiger partial charge in [0.1, 0.15) is 0 Å². The maximum atomic E-state index is 2.38. The summed E-state index contributed by atoms with van der Waals surface area (Å²) in [5.74, 6) is 0. The molecule has 0 aromatic heterocycles. The van der Waals surface area contributed by atoms with Crippen LogP contribution in [0.3, 0.4) is 0 Å². The molecule has 0 radical (unpaired) electrons. The highest BCUT2D eigenvalue weighted by atomic mass is 127. The van der Waals surface area contributed by atoms with Crippen LogP contribution in [-0.4, -0.2) is 0 Å². The van der Waals surface area contributed by atoms with Crippen LogP contribution in [0.1, 0.15) is 11.1 Å². The van der Waals surface area contributed by atoms with Gasteiger partial charge in [0.2, 0.25) is 0 Å². The molecular formula is C26H21I. The van der Waals surface area contributed by atoms with E-state index in [9.17, 15) is 0 Å². The molecule has 0 N–H and O–H groups in total. The molecule has 27 heavy (non-hydrogen) atoms. The number of hydrogen-bond donors (Lipinski definition) is 0. The van der Waals surface area contributed by atoms with Gasteiger partial charge in [-0.25, -0.2) is 0 Å². The summed E-state index contributed by atoms with van der Waals surface area (Å²) in [5.41, 5.74) is 10.2. The van der Waals surface area contributed by atoms with Gasteiger partial charge in [-0.1, -0.05) is 60.7 Å². The van der Waals surface area contributed by atoms with E-state index in [2.05, 4.69) is 127 Å². The molecule has 0 aliphatic carbocycles. The summed E-state index contributed by atoms with van der Waals surface area (Å²) in [4.78, 5) is 0. The second kappa shape index (κ2) is 7.69. The minimum absolute atomic E-state index is 1.25. The fourth-order valence-electron chi connectivity index (χ4n) is 3.57. The molecule has 1 heteroatoms. The van der Waals surface area contributed by atoms with E-state index in [1.165, 1.54) is 48.1 Å². The van der Waals surface area contributed by atoms with Crippen LogP contribution in [0.5, 0.6) is 0 Å². The molecule has 0 fully saturated rings. The normalized spacial score (nSPS) is 10.8. The predicted octanol–water partition coefficient (Wildman–Crippen LogP) is 7.91. The maximum absolute atomic E-state index is 2.38. The Morgan fingerprint density at radius 3 is 1.52 bits per heavy atom. The summed E-state index contributed by atoms with van der Waals surface area (Å²) >= 11 is 2.38. The van der Waals surface area contributed by atoms with Crippen LogP contribution in [0.4, 0.5) is 0 Å². The fourth-order valence-corrected chi connectivity index (χ4v) is 4.11. The Hall–Kier alpha value is -2.39. The number of benzene rings is 4. The van der Waals surface area contributed by atoms with Crippen molar-refractivity contribution in [2.24, 2.45) is 0 Å². The van der Waals surface area contributed by atoms with Crippen LogP contribution in [0.15, 0.2) is 91.0 Å². The van der Waals surface area contributed by atoms with E-state index in [4.69, 9.17) is 0 Å². The summed E-state index contributed by atoms with van der Waals surface area (Å²) in [6.07, 6.45) is 0. The molecule has 0 aliphatic heterocycles. The van der Waals surface area contributed by atoms with Gasteiger partial charge in [0.05, 0.1) is 0 Å². The molecule has 0 saturated heterocycles. The average molecular weight is 460 g/mol. The van der Waals surface area contributed by atoms with Gasteiger partial charge < -0.3 is 0 Å². The van der Waals surface area contributed by atoms with Gasteiger partial charge in [-0.2, -0.15) is 0 Å². The molecule has 0 saturated carbocycles. The average Bonchev–Trinajstić information content (AvgIpc) is 2.68. The molecule has 0 unspecified atom stereocenters. The number of hydrogen-bond acceptors (Lipinski definition) is 0. The van der Waals surface area contributed by atoms with E-state index in [1.807, 2.05) is 0 Å². The third kappa shape index (κ3) is 3.84. The fraction of sp³-hybridized carbons (Fsp3) is 0.0769. The van der Waals surface area contributed by atoms with Gasteiger partial charge in [-0.3, -0.25) is 0 Å². The van der Waals surface area contributed by atoms with Crippen LogP contribution in [0.2, 0.25) is 0 Å².